The molecule has 10 heteroatoms. The van der Waals surface area contributed by atoms with Gasteiger partial charge in [-0.3, -0.25) is 4.55 Å². The first-order valence-electron chi connectivity index (χ1n) is 16.7. The van der Waals surface area contributed by atoms with Crippen molar-refractivity contribution in [2.45, 2.75) is 78.8 Å². The molecule has 1 aliphatic heterocycles. The number of halogens is 2. The summed E-state index contributed by atoms with van der Waals surface area (Å²) in [5.74, 6) is -1.08. The van der Waals surface area contributed by atoms with Gasteiger partial charge in [-0.2, -0.15) is 17.2 Å². The summed E-state index contributed by atoms with van der Waals surface area (Å²) in [6, 6.07) is 37.7. The number of ether oxygens (including phenoxy) is 3. The quantitative estimate of drug-likeness (QED) is 0.120. The molecule has 5 aromatic carbocycles. The van der Waals surface area contributed by atoms with Crippen LogP contribution in [-0.4, -0.2) is 37.5 Å². The van der Waals surface area contributed by atoms with Crippen molar-refractivity contribution in [1.82, 2.24) is 0 Å². The van der Waals surface area contributed by atoms with Crippen LogP contribution in [0.5, 0.6) is 5.75 Å². The van der Waals surface area contributed by atoms with Crippen LogP contribution in [0.4, 0.5) is 8.78 Å². The molecule has 0 radical (unpaired) electrons. The maximum atomic E-state index is 14.2. The molecule has 0 spiro atoms. The van der Waals surface area contributed by atoms with Crippen molar-refractivity contribution in [3.05, 3.63) is 132 Å². The summed E-state index contributed by atoms with van der Waals surface area (Å²) in [5, 5.41) is -2.34. The third-order valence-corrected chi connectivity index (χ3v) is 12.3. The summed E-state index contributed by atoms with van der Waals surface area (Å²) in [6.45, 7) is 12.6. The highest BCUT2D eigenvalue weighted by Crippen LogP contribution is 2.45. The normalized spacial score (nSPS) is 17.5. The molecule has 268 valence electrons. The van der Waals surface area contributed by atoms with Gasteiger partial charge in [0.2, 0.25) is 5.79 Å². The first-order chi connectivity index (χ1) is 23.9. The molecule has 5 aromatic rings. The molecular weight excluding hydrogens is 691 g/mol. The smallest absolute Gasteiger partial charge is 0.405 e. The van der Waals surface area contributed by atoms with Gasteiger partial charge in [0.25, 0.3) is 0 Å². The Morgan fingerprint density at radius 2 is 1.27 bits per heavy atom. The fraction of sp³-hybridized carbons (Fsp3) is 0.317. The minimum atomic E-state index is -5.66. The Balaban J connectivity index is 1.40. The van der Waals surface area contributed by atoms with Crippen LogP contribution >= 0.6 is 0 Å². The van der Waals surface area contributed by atoms with E-state index in [1.165, 1.54) is 17.7 Å². The molecule has 2 atom stereocenters. The molecule has 2 unspecified atom stereocenters. The number of hydrogen-bond donors (Lipinski definition) is 1. The summed E-state index contributed by atoms with van der Waals surface area (Å²) < 4.78 is 78.7. The highest BCUT2D eigenvalue weighted by molar-refractivity contribution is 7.97. The topological polar surface area (TPSA) is 82.1 Å². The molecule has 1 N–H and O–H groups in total. The van der Waals surface area contributed by atoms with Crippen molar-refractivity contribution in [3.63, 3.8) is 0 Å². The zero-order valence-corrected chi connectivity index (χ0v) is 31.2. The van der Waals surface area contributed by atoms with Crippen LogP contribution in [0.2, 0.25) is 0 Å². The predicted octanol–water partition coefficient (Wildman–Crippen LogP) is 9.75. The molecule has 0 aliphatic carbocycles. The Morgan fingerprint density at radius 3 is 1.82 bits per heavy atom. The minimum Gasteiger partial charge on any atom is -0.483 e. The maximum absolute atomic E-state index is 14.2. The summed E-state index contributed by atoms with van der Waals surface area (Å²) in [6.07, 6.45) is -2.11. The molecule has 1 saturated heterocycles. The van der Waals surface area contributed by atoms with Gasteiger partial charge in [-0.1, -0.05) is 89.2 Å². The van der Waals surface area contributed by atoms with Gasteiger partial charge >= 0.3 is 15.4 Å². The van der Waals surface area contributed by atoms with Crippen molar-refractivity contribution in [1.29, 1.82) is 0 Å². The number of hydrogen-bond acceptors (Lipinski definition) is 5. The van der Waals surface area contributed by atoms with E-state index >= 15 is 0 Å². The zero-order valence-electron chi connectivity index (χ0n) is 29.5. The standard InChI is InChI=1S/C41H42F2O6S2/c1-28(41(42,43)51(44,45)46)49-32-18-24-35(25-19-32)50(33-20-14-30(15-21-33)38(2,3)4)34-22-16-31(17-23-34)40(47-26-39(5,6)27-48-40)37-13-9-11-29-10-7-8-12-36(29)37/h7-25,28H,26-27H2,1-6H3/p+1. The molecule has 1 aliphatic rings. The Hall–Kier alpha value is -3.80. The lowest BCUT2D eigenvalue weighted by Crippen LogP contribution is -2.46. The Labute approximate surface area is 301 Å². The van der Waals surface area contributed by atoms with Gasteiger partial charge in [-0.25, -0.2) is 0 Å². The molecule has 0 aromatic heterocycles. The summed E-state index contributed by atoms with van der Waals surface area (Å²) in [5.41, 5.74) is 2.79. The third kappa shape index (κ3) is 7.43. The van der Waals surface area contributed by atoms with E-state index in [1.54, 1.807) is 12.1 Å². The number of alkyl halides is 2. The van der Waals surface area contributed by atoms with E-state index in [0.29, 0.717) is 13.2 Å². The van der Waals surface area contributed by atoms with Crippen LogP contribution in [0.1, 0.15) is 58.2 Å². The second-order valence-corrected chi connectivity index (χ2v) is 18.3. The Bertz CT molecular complexity index is 2090. The summed E-state index contributed by atoms with van der Waals surface area (Å²) in [7, 11) is -6.28. The van der Waals surface area contributed by atoms with Crippen LogP contribution in [0, 0.1) is 5.41 Å². The SMILES string of the molecule is CC(Oc1ccc([S+](c2ccc(C(C)(C)C)cc2)c2ccc(C3(c4cccc5ccccc45)OCC(C)(C)CO3)cc2)cc1)C(F)(F)S(=O)(=O)O. The van der Waals surface area contributed by atoms with Crippen molar-refractivity contribution in [3.8, 4) is 5.75 Å². The van der Waals surface area contributed by atoms with Crippen molar-refractivity contribution >= 4 is 31.8 Å². The van der Waals surface area contributed by atoms with E-state index in [2.05, 4.69) is 107 Å². The predicted molar refractivity (Wildman–Crippen MR) is 197 cm³/mol. The highest BCUT2D eigenvalue weighted by Gasteiger charge is 2.51. The molecule has 0 saturated carbocycles. The summed E-state index contributed by atoms with van der Waals surface area (Å²) in [4.78, 5) is 2.95. The number of benzene rings is 5. The van der Waals surface area contributed by atoms with Crippen LogP contribution < -0.4 is 4.74 Å². The molecular formula is C41H43F2O6S2+. The van der Waals surface area contributed by atoms with E-state index in [1.807, 2.05) is 18.2 Å². The maximum Gasteiger partial charge on any atom is 0.405 e. The third-order valence-electron chi connectivity index (χ3n) is 9.09. The monoisotopic (exact) mass is 733 g/mol. The first-order valence-corrected chi connectivity index (χ1v) is 19.4. The van der Waals surface area contributed by atoms with E-state index in [0.717, 1.165) is 43.5 Å². The van der Waals surface area contributed by atoms with Crippen molar-refractivity contribution in [2.24, 2.45) is 5.41 Å². The molecule has 51 heavy (non-hydrogen) atoms. The Kier molecular flexibility index (Phi) is 9.89. The fourth-order valence-electron chi connectivity index (χ4n) is 6.11. The highest BCUT2D eigenvalue weighted by atomic mass is 32.2. The second-order valence-electron chi connectivity index (χ2n) is 14.8. The molecule has 0 bridgehead atoms. The number of rotatable bonds is 9. The average molecular weight is 734 g/mol. The zero-order chi connectivity index (χ0) is 36.8. The van der Waals surface area contributed by atoms with Crippen LogP contribution in [-0.2, 0) is 41.7 Å². The fourth-order valence-corrected chi connectivity index (χ4v) is 8.62. The lowest BCUT2D eigenvalue weighted by Gasteiger charge is -2.44. The van der Waals surface area contributed by atoms with E-state index < -0.39 is 38.2 Å². The molecule has 1 fully saturated rings. The lowest BCUT2D eigenvalue weighted by atomic mass is 9.87. The number of fused-ring (bicyclic) bond motifs is 1. The van der Waals surface area contributed by atoms with Gasteiger partial charge in [-0.15, -0.1) is 0 Å². The van der Waals surface area contributed by atoms with Gasteiger partial charge in [0.1, 0.15) is 5.75 Å². The average Bonchev–Trinajstić information content (AvgIpc) is 3.09. The second kappa shape index (κ2) is 13.6. The lowest BCUT2D eigenvalue weighted by molar-refractivity contribution is -0.283. The van der Waals surface area contributed by atoms with Crippen LogP contribution in [0.25, 0.3) is 10.8 Å². The van der Waals surface area contributed by atoms with Crippen molar-refractivity contribution < 1.29 is 36.0 Å². The first kappa shape index (κ1) is 37.0. The van der Waals surface area contributed by atoms with Crippen molar-refractivity contribution in [2.75, 3.05) is 13.2 Å². The van der Waals surface area contributed by atoms with Gasteiger partial charge in [0, 0.05) is 16.5 Å². The largest absolute Gasteiger partial charge is 0.483 e. The van der Waals surface area contributed by atoms with Crippen LogP contribution in [0.3, 0.4) is 0 Å². The van der Waals surface area contributed by atoms with Gasteiger partial charge in [0.15, 0.2) is 20.8 Å². The molecule has 6 rings (SSSR count). The molecule has 6 nitrogen and oxygen atoms in total. The molecule has 0 amide bonds. The Morgan fingerprint density at radius 1 is 0.765 bits per heavy atom. The minimum absolute atomic E-state index is 0.0386. The van der Waals surface area contributed by atoms with Crippen LogP contribution in [0.15, 0.2) is 130 Å². The van der Waals surface area contributed by atoms with Gasteiger partial charge < -0.3 is 14.2 Å². The van der Waals surface area contributed by atoms with E-state index in [-0.39, 0.29) is 16.6 Å². The van der Waals surface area contributed by atoms with Gasteiger partial charge in [-0.05, 0) is 89.3 Å². The molecule has 1 heterocycles. The van der Waals surface area contributed by atoms with E-state index in [4.69, 9.17) is 18.8 Å². The van der Waals surface area contributed by atoms with Gasteiger partial charge in [0.05, 0.1) is 24.1 Å². The summed E-state index contributed by atoms with van der Waals surface area (Å²) >= 11 is 0. The van der Waals surface area contributed by atoms with E-state index in [9.17, 15) is 17.2 Å².